The van der Waals surface area contributed by atoms with Crippen LogP contribution >= 0.6 is 11.6 Å². The molecule has 4 aromatic carbocycles. The molecule has 0 bridgehead atoms. The molecule has 2 heterocycles. The molecule has 0 saturated heterocycles. The van der Waals surface area contributed by atoms with Gasteiger partial charge < -0.3 is 9.32 Å². The van der Waals surface area contributed by atoms with Crippen LogP contribution in [0.3, 0.4) is 0 Å². The van der Waals surface area contributed by atoms with E-state index in [1.807, 2.05) is 51.1 Å². The average molecular weight is 661 g/mol. The molecule has 8 nitrogen and oxygen atoms in total. The number of hydrogen-bond acceptors (Lipinski definition) is 6. The highest BCUT2D eigenvalue weighted by Gasteiger charge is 2.39. The van der Waals surface area contributed by atoms with Gasteiger partial charge in [0.15, 0.2) is 11.2 Å². The first-order valence-electron chi connectivity index (χ1n) is 15.7. The molecule has 48 heavy (non-hydrogen) atoms. The zero-order valence-electron chi connectivity index (χ0n) is 26.7. The predicted molar refractivity (Wildman–Crippen MR) is 183 cm³/mol. The topological polar surface area (TPSA) is 105 Å². The number of carbonyl (C=O) groups is 4. The molecule has 0 saturated carbocycles. The summed E-state index contributed by atoms with van der Waals surface area (Å²) in [6.45, 7) is 4.68. The number of fused-ring (bicyclic) bond motifs is 2. The number of carbonyl (C=O) groups excluding carboxylic acids is 4. The summed E-state index contributed by atoms with van der Waals surface area (Å²) in [6, 6.07) is 26.7. The van der Waals surface area contributed by atoms with E-state index >= 15 is 0 Å². The summed E-state index contributed by atoms with van der Waals surface area (Å²) in [5.74, 6) is -2.25. The Morgan fingerprint density at radius 3 is 2.08 bits per heavy atom. The number of halogens is 1. The number of nitrogens with zero attached hydrogens (tertiary/aromatic N) is 2. The zero-order valence-corrected chi connectivity index (χ0v) is 27.5. The van der Waals surface area contributed by atoms with Gasteiger partial charge >= 0.3 is 0 Å². The minimum Gasteiger partial charge on any atom is -0.458 e. The first-order chi connectivity index (χ1) is 23.0. The van der Waals surface area contributed by atoms with Gasteiger partial charge in [-0.25, -0.2) is 0 Å². The fourth-order valence-corrected chi connectivity index (χ4v) is 6.35. The molecule has 9 heteroatoms. The highest BCUT2D eigenvalue weighted by molar-refractivity contribution is 6.31. The fourth-order valence-electron chi connectivity index (χ4n) is 6.19. The lowest BCUT2D eigenvalue weighted by atomic mass is 9.91. The monoisotopic (exact) mass is 660 g/mol. The standard InChI is InChI=1S/C39H33ClN2O6/c1-23(2)34(36-32(19-25-9-5-4-6-10-25)35(44)31-18-17-27(40)20-33(31)48-36)41(37(45)26-15-13-24(3)14-16-26)21-28(43)22-42-38(46)29-11-7-8-12-30(29)39(42)47/h4-18,20,23,34H,19,21-22H2,1-3H3/t34-/m1/s1. The third-order valence-electron chi connectivity index (χ3n) is 8.56. The van der Waals surface area contributed by atoms with Gasteiger partial charge in [-0.1, -0.05) is 85.6 Å². The second-order valence-corrected chi connectivity index (χ2v) is 12.8. The predicted octanol–water partition coefficient (Wildman–Crippen LogP) is 7.05. The molecule has 1 aliphatic rings. The van der Waals surface area contributed by atoms with Crippen LogP contribution in [0.2, 0.25) is 5.02 Å². The van der Waals surface area contributed by atoms with Gasteiger partial charge in [0.05, 0.1) is 35.6 Å². The van der Waals surface area contributed by atoms with E-state index in [0.29, 0.717) is 21.5 Å². The molecule has 3 amide bonds. The summed E-state index contributed by atoms with van der Waals surface area (Å²) >= 11 is 6.32. The second-order valence-electron chi connectivity index (χ2n) is 12.3. The van der Waals surface area contributed by atoms with Crippen LogP contribution in [0.4, 0.5) is 0 Å². The van der Waals surface area contributed by atoms with Crippen LogP contribution in [0.5, 0.6) is 0 Å². The highest BCUT2D eigenvalue weighted by Crippen LogP contribution is 2.35. The Morgan fingerprint density at radius 2 is 1.46 bits per heavy atom. The number of ketones is 1. The number of amides is 3. The van der Waals surface area contributed by atoms with Crippen LogP contribution in [0, 0.1) is 12.8 Å². The van der Waals surface area contributed by atoms with Crippen molar-refractivity contribution in [3.05, 3.63) is 151 Å². The number of aryl methyl sites for hydroxylation is 1. The number of benzene rings is 4. The van der Waals surface area contributed by atoms with Crippen LogP contribution in [0.25, 0.3) is 11.0 Å². The normalized spacial score (nSPS) is 13.2. The van der Waals surface area contributed by atoms with Crippen LogP contribution < -0.4 is 5.43 Å². The van der Waals surface area contributed by atoms with Gasteiger partial charge in [0.1, 0.15) is 11.3 Å². The van der Waals surface area contributed by atoms with Crippen molar-refractivity contribution >= 4 is 46.1 Å². The smallest absolute Gasteiger partial charge is 0.261 e. The quantitative estimate of drug-likeness (QED) is 0.149. The molecule has 242 valence electrons. The van der Waals surface area contributed by atoms with E-state index in [0.717, 1.165) is 16.0 Å². The largest absolute Gasteiger partial charge is 0.458 e. The second kappa shape index (κ2) is 13.4. The SMILES string of the molecule is Cc1ccc(C(=O)N(CC(=O)CN2C(=O)c3ccccc3C2=O)[C@@H](c2oc3cc(Cl)ccc3c(=O)c2Cc2ccccc2)C(C)C)cc1. The molecule has 0 fully saturated rings. The lowest BCUT2D eigenvalue weighted by Gasteiger charge is -2.35. The number of imide groups is 1. The Labute approximate surface area is 282 Å². The Kier molecular flexibility index (Phi) is 9.11. The first kappa shape index (κ1) is 32.6. The van der Waals surface area contributed by atoms with Gasteiger partial charge in [0, 0.05) is 28.6 Å². The molecule has 6 rings (SSSR count). The number of hydrogen-bond donors (Lipinski definition) is 0. The number of rotatable bonds is 10. The van der Waals surface area contributed by atoms with E-state index < -0.39 is 42.6 Å². The molecule has 0 N–H and O–H groups in total. The summed E-state index contributed by atoms with van der Waals surface area (Å²) in [6.07, 6.45) is 0.218. The highest BCUT2D eigenvalue weighted by atomic mass is 35.5. The first-order valence-corrected chi connectivity index (χ1v) is 16.0. The molecule has 0 radical (unpaired) electrons. The molecule has 0 aliphatic carbocycles. The summed E-state index contributed by atoms with van der Waals surface area (Å²) in [5, 5.41) is 0.715. The van der Waals surface area contributed by atoms with Crippen molar-refractivity contribution in [3.63, 3.8) is 0 Å². The van der Waals surface area contributed by atoms with E-state index in [9.17, 15) is 24.0 Å². The molecule has 1 aromatic heterocycles. The molecule has 0 spiro atoms. The van der Waals surface area contributed by atoms with Crippen molar-refractivity contribution in [2.24, 2.45) is 5.92 Å². The van der Waals surface area contributed by atoms with Crippen molar-refractivity contribution in [2.45, 2.75) is 33.2 Å². The summed E-state index contributed by atoms with van der Waals surface area (Å²) in [5.41, 5.74) is 2.93. The third-order valence-corrected chi connectivity index (χ3v) is 8.79. The lowest BCUT2D eigenvalue weighted by molar-refractivity contribution is -0.120. The molecule has 0 unspecified atom stereocenters. The van der Waals surface area contributed by atoms with Gasteiger partial charge in [-0.3, -0.25) is 28.9 Å². The van der Waals surface area contributed by atoms with Crippen LogP contribution in [-0.2, 0) is 11.2 Å². The Bertz CT molecular complexity index is 2090. The fraction of sp³-hybridized carbons (Fsp3) is 0.205. The van der Waals surface area contributed by atoms with E-state index in [1.54, 1.807) is 66.7 Å². The van der Waals surface area contributed by atoms with E-state index in [4.69, 9.17) is 16.0 Å². The maximum atomic E-state index is 14.4. The molecule has 5 aromatic rings. The molecular formula is C39H33ClN2O6. The van der Waals surface area contributed by atoms with E-state index in [2.05, 4.69) is 0 Å². The summed E-state index contributed by atoms with van der Waals surface area (Å²) < 4.78 is 6.52. The van der Waals surface area contributed by atoms with Crippen molar-refractivity contribution in [1.29, 1.82) is 0 Å². The minimum atomic E-state index is -0.889. The molecule has 1 aliphatic heterocycles. The maximum Gasteiger partial charge on any atom is 0.261 e. The summed E-state index contributed by atoms with van der Waals surface area (Å²) in [4.78, 5) is 70.9. The van der Waals surface area contributed by atoms with Crippen molar-refractivity contribution in [1.82, 2.24) is 9.80 Å². The van der Waals surface area contributed by atoms with Crippen molar-refractivity contribution in [2.75, 3.05) is 13.1 Å². The van der Waals surface area contributed by atoms with E-state index in [-0.39, 0.29) is 40.2 Å². The van der Waals surface area contributed by atoms with Gasteiger partial charge in [-0.2, -0.15) is 0 Å². The zero-order chi connectivity index (χ0) is 34.1. The van der Waals surface area contributed by atoms with Gasteiger partial charge in [-0.15, -0.1) is 0 Å². The Hall–Kier alpha value is -5.34. The lowest BCUT2D eigenvalue weighted by Crippen LogP contribution is -2.45. The van der Waals surface area contributed by atoms with E-state index in [1.165, 1.54) is 4.90 Å². The third kappa shape index (κ3) is 6.31. The van der Waals surface area contributed by atoms with Crippen LogP contribution in [0.1, 0.15) is 73.4 Å². The Morgan fingerprint density at radius 1 is 0.833 bits per heavy atom. The minimum absolute atomic E-state index is 0.218. The van der Waals surface area contributed by atoms with Crippen molar-refractivity contribution in [3.8, 4) is 0 Å². The molecular weight excluding hydrogens is 628 g/mol. The maximum absolute atomic E-state index is 14.4. The van der Waals surface area contributed by atoms with Gasteiger partial charge in [-0.05, 0) is 54.8 Å². The van der Waals surface area contributed by atoms with Crippen molar-refractivity contribution < 1.29 is 23.6 Å². The van der Waals surface area contributed by atoms with Crippen LogP contribution in [-0.4, -0.2) is 46.4 Å². The van der Waals surface area contributed by atoms with Crippen LogP contribution in [0.15, 0.2) is 106 Å². The Balaban J connectivity index is 1.46. The summed E-state index contributed by atoms with van der Waals surface area (Å²) in [7, 11) is 0. The van der Waals surface area contributed by atoms with Gasteiger partial charge in [0.2, 0.25) is 0 Å². The van der Waals surface area contributed by atoms with Gasteiger partial charge in [0.25, 0.3) is 17.7 Å². The average Bonchev–Trinajstić information content (AvgIpc) is 3.31. The molecule has 1 atom stereocenters. The number of Topliss-reactive ketones (excluding diaryl/α,β-unsaturated/α-hetero) is 1.